The minimum Gasteiger partial charge on any atom is -0.315 e. The van der Waals surface area contributed by atoms with Gasteiger partial charge in [0.15, 0.2) is 0 Å². The van der Waals surface area contributed by atoms with Gasteiger partial charge in [0.2, 0.25) is 0 Å². The average molecular weight is 212 g/mol. The molecular formula is C13H28N2. The van der Waals surface area contributed by atoms with Crippen molar-refractivity contribution in [3.63, 3.8) is 0 Å². The lowest BCUT2D eigenvalue weighted by Crippen LogP contribution is -2.54. The van der Waals surface area contributed by atoms with Crippen LogP contribution in [0.4, 0.5) is 0 Å². The van der Waals surface area contributed by atoms with Crippen LogP contribution in [0.1, 0.15) is 47.0 Å². The van der Waals surface area contributed by atoms with Crippen molar-refractivity contribution < 1.29 is 0 Å². The zero-order valence-electron chi connectivity index (χ0n) is 11.1. The van der Waals surface area contributed by atoms with Crippen LogP contribution in [0.3, 0.4) is 0 Å². The number of rotatable bonds is 4. The molecule has 0 radical (unpaired) electrons. The Morgan fingerprint density at radius 2 is 2.00 bits per heavy atom. The summed E-state index contributed by atoms with van der Waals surface area (Å²) in [6.45, 7) is 10.5. The van der Waals surface area contributed by atoms with Crippen molar-refractivity contribution in [3.8, 4) is 0 Å². The van der Waals surface area contributed by atoms with Crippen LogP contribution in [-0.4, -0.2) is 36.6 Å². The van der Waals surface area contributed by atoms with Gasteiger partial charge in [0.25, 0.3) is 0 Å². The maximum absolute atomic E-state index is 3.50. The van der Waals surface area contributed by atoms with Crippen LogP contribution < -0.4 is 5.32 Å². The van der Waals surface area contributed by atoms with Crippen LogP contribution in [0.15, 0.2) is 0 Å². The summed E-state index contributed by atoms with van der Waals surface area (Å²) in [6, 6.07) is 2.11. The highest BCUT2D eigenvalue weighted by Gasteiger charge is 2.32. The molecule has 1 rings (SSSR count). The molecular weight excluding hydrogens is 184 g/mol. The highest BCUT2D eigenvalue weighted by molar-refractivity contribution is 4.90. The molecule has 0 saturated heterocycles. The highest BCUT2D eigenvalue weighted by atomic mass is 15.2. The van der Waals surface area contributed by atoms with E-state index in [0.717, 1.165) is 12.0 Å². The second kappa shape index (κ2) is 5.86. The van der Waals surface area contributed by atoms with Gasteiger partial charge >= 0.3 is 0 Å². The third kappa shape index (κ3) is 3.18. The molecule has 3 atom stereocenters. The lowest BCUT2D eigenvalue weighted by Gasteiger charge is -2.43. The van der Waals surface area contributed by atoms with E-state index < -0.39 is 0 Å². The molecule has 15 heavy (non-hydrogen) atoms. The first-order valence-corrected chi connectivity index (χ1v) is 6.53. The summed E-state index contributed by atoms with van der Waals surface area (Å²) < 4.78 is 0. The van der Waals surface area contributed by atoms with Gasteiger partial charge in [-0.05, 0) is 52.6 Å². The molecule has 0 aromatic rings. The topological polar surface area (TPSA) is 15.3 Å². The number of nitrogens with one attached hydrogen (secondary N) is 1. The van der Waals surface area contributed by atoms with Crippen LogP contribution >= 0.6 is 0 Å². The fourth-order valence-corrected chi connectivity index (χ4v) is 3.04. The molecule has 0 aliphatic heterocycles. The summed E-state index contributed by atoms with van der Waals surface area (Å²) in [7, 11) is 2.11. The van der Waals surface area contributed by atoms with Gasteiger partial charge in [-0.25, -0.2) is 0 Å². The van der Waals surface area contributed by atoms with Crippen molar-refractivity contribution in [1.29, 1.82) is 0 Å². The molecule has 0 bridgehead atoms. The molecule has 0 aromatic heterocycles. The van der Waals surface area contributed by atoms with Crippen LogP contribution in [0.5, 0.6) is 0 Å². The van der Waals surface area contributed by atoms with Crippen molar-refractivity contribution in [3.05, 3.63) is 0 Å². The third-order valence-electron chi connectivity index (χ3n) is 3.90. The van der Waals surface area contributed by atoms with Crippen LogP contribution in [-0.2, 0) is 0 Å². The molecule has 1 saturated carbocycles. The van der Waals surface area contributed by atoms with E-state index in [2.05, 4.69) is 45.0 Å². The van der Waals surface area contributed by atoms with Crippen molar-refractivity contribution >= 4 is 0 Å². The molecule has 1 fully saturated rings. The van der Waals surface area contributed by atoms with E-state index in [0.29, 0.717) is 12.1 Å². The van der Waals surface area contributed by atoms with Gasteiger partial charge in [-0.15, -0.1) is 0 Å². The van der Waals surface area contributed by atoms with Gasteiger partial charge in [0.1, 0.15) is 0 Å². The zero-order valence-corrected chi connectivity index (χ0v) is 11.1. The summed E-state index contributed by atoms with van der Waals surface area (Å²) >= 11 is 0. The van der Waals surface area contributed by atoms with Crippen LogP contribution in [0.2, 0.25) is 0 Å². The number of hydrogen-bond donors (Lipinski definition) is 1. The fourth-order valence-electron chi connectivity index (χ4n) is 3.04. The Bertz CT molecular complexity index is 179. The standard InChI is InChI=1S/C13H28N2/c1-6-15(10(2)3)13-9-11(4)7-8-12(13)14-5/h10-14H,6-9H2,1-5H3. The Labute approximate surface area is 95.4 Å². The Kier molecular flexibility index (Phi) is 5.07. The lowest BCUT2D eigenvalue weighted by molar-refractivity contribution is 0.0826. The van der Waals surface area contributed by atoms with Gasteiger partial charge in [-0.3, -0.25) is 4.90 Å². The summed E-state index contributed by atoms with van der Waals surface area (Å²) in [5.41, 5.74) is 0. The second-order valence-electron chi connectivity index (χ2n) is 5.30. The molecule has 0 aromatic carbocycles. The molecule has 1 aliphatic rings. The largest absolute Gasteiger partial charge is 0.315 e. The van der Waals surface area contributed by atoms with Crippen molar-refractivity contribution in [2.45, 2.75) is 65.1 Å². The highest BCUT2D eigenvalue weighted by Crippen LogP contribution is 2.28. The zero-order chi connectivity index (χ0) is 11.4. The van der Waals surface area contributed by atoms with Crippen LogP contribution in [0, 0.1) is 5.92 Å². The molecule has 2 nitrogen and oxygen atoms in total. The van der Waals surface area contributed by atoms with E-state index in [4.69, 9.17) is 0 Å². The van der Waals surface area contributed by atoms with Crippen LogP contribution in [0.25, 0.3) is 0 Å². The summed E-state index contributed by atoms with van der Waals surface area (Å²) in [5, 5.41) is 3.50. The Morgan fingerprint density at radius 1 is 1.33 bits per heavy atom. The lowest BCUT2D eigenvalue weighted by atomic mass is 9.82. The second-order valence-corrected chi connectivity index (χ2v) is 5.30. The van der Waals surface area contributed by atoms with Crippen molar-refractivity contribution in [1.82, 2.24) is 10.2 Å². The first-order valence-electron chi connectivity index (χ1n) is 6.53. The third-order valence-corrected chi connectivity index (χ3v) is 3.90. The fraction of sp³-hybridized carbons (Fsp3) is 1.00. The predicted octanol–water partition coefficient (Wildman–Crippen LogP) is 2.49. The molecule has 1 aliphatic carbocycles. The summed E-state index contributed by atoms with van der Waals surface area (Å²) in [6.07, 6.45) is 4.08. The molecule has 1 N–H and O–H groups in total. The van der Waals surface area contributed by atoms with Gasteiger partial charge in [0, 0.05) is 18.1 Å². The molecule has 90 valence electrons. The van der Waals surface area contributed by atoms with E-state index >= 15 is 0 Å². The predicted molar refractivity (Wildman–Crippen MR) is 67.2 cm³/mol. The van der Waals surface area contributed by atoms with Gasteiger partial charge in [-0.1, -0.05) is 13.8 Å². The maximum atomic E-state index is 3.50. The first kappa shape index (κ1) is 13.0. The smallest absolute Gasteiger partial charge is 0.0254 e. The molecule has 2 heteroatoms. The van der Waals surface area contributed by atoms with E-state index in [-0.39, 0.29) is 0 Å². The number of hydrogen-bond acceptors (Lipinski definition) is 2. The summed E-state index contributed by atoms with van der Waals surface area (Å²) in [4.78, 5) is 2.65. The Hall–Kier alpha value is -0.0800. The first-order chi connectivity index (χ1) is 7.10. The van der Waals surface area contributed by atoms with Gasteiger partial charge in [0.05, 0.1) is 0 Å². The quantitative estimate of drug-likeness (QED) is 0.770. The van der Waals surface area contributed by atoms with Crippen molar-refractivity contribution in [2.75, 3.05) is 13.6 Å². The minimum absolute atomic E-state index is 0.668. The molecule has 0 heterocycles. The molecule has 0 amide bonds. The maximum Gasteiger partial charge on any atom is 0.0254 e. The monoisotopic (exact) mass is 212 g/mol. The van der Waals surface area contributed by atoms with Gasteiger partial charge in [-0.2, -0.15) is 0 Å². The Balaban J connectivity index is 2.68. The minimum atomic E-state index is 0.668. The van der Waals surface area contributed by atoms with Crippen molar-refractivity contribution in [2.24, 2.45) is 5.92 Å². The number of nitrogens with zero attached hydrogens (tertiary/aromatic N) is 1. The SMILES string of the molecule is CCN(C(C)C)C1CC(C)CCC1NC. The van der Waals surface area contributed by atoms with E-state index in [1.165, 1.54) is 25.8 Å². The molecule has 0 spiro atoms. The van der Waals surface area contributed by atoms with E-state index in [1.807, 2.05) is 0 Å². The summed E-state index contributed by atoms with van der Waals surface area (Å²) in [5.74, 6) is 0.896. The normalized spacial score (nSPS) is 32.6. The molecule has 3 unspecified atom stereocenters. The Morgan fingerprint density at radius 3 is 2.47 bits per heavy atom. The van der Waals surface area contributed by atoms with E-state index in [1.54, 1.807) is 0 Å². The van der Waals surface area contributed by atoms with Gasteiger partial charge < -0.3 is 5.32 Å². The number of likely N-dealkylation sites (N-methyl/N-ethyl adjacent to an activating group) is 2. The average Bonchev–Trinajstić information content (AvgIpc) is 2.18. The van der Waals surface area contributed by atoms with E-state index in [9.17, 15) is 0 Å².